The summed E-state index contributed by atoms with van der Waals surface area (Å²) in [5.74, 6) is -1.33. The van der Waals surface area contributed by atoms with Crippen LogP contribution >= 0.6 is 0 Å². The summed E-state index contributed by atoms with van der Waals surface area (Å²) in [4.78, 5) is 29.2. The van der Waals surface area contributed by atoms with Crippen LogP contribution in [0.1, 0.15) is 24.8 Å². The third-order valence-electron chi connectivity index (χ3n) is 6.40. The number of esters is 2. The molecule has 1 saturated carbocycles. The first kappa shape index (κ1) is 17.6. The molecule has 1 aromatic carbocycles. The quantitative estimate of drug-likeness (QED) is 0.285. The molecule has 9 nitrogen and oxygen atoms in total. The summed E-state index contributed by atoms with van der Waals surface area (Å²) in [6, 6.07) is 6.84. The third-order valence-corrected chi connectivity index (χ3v) is 6.40. The van der Waals surface area contributed by atoms with Gasteiger partial charge < -0.3 is 19.5 Å². The second-order valence-corrected chi connectivity index (χ2v) is 7.06. The fourth-order valence-corrected chi connectivity index (χ4v) is 5.50. The second kappa shape index (κ2) is 5.87. The molecule has 2 heterocycles. The van der Waals surface area contributed by atoms with Crippen LogP contribution < -0.4 is 5.32 Å². The van der Waals surface area contributed by atoms with Crippen molar-refractivity contribution in [1.29, 1.82) is 0 Å². The van der Waals surface area contributed by atoms with Gasteiger partial charge in [-0.05, 0) is 36.4 Å². The summed E-state index contributed by atoms with van der Waals surface area (Å²) in [7, 11) is 2.52. The predicted octanol–water partition coefficient (Wildman–Crippen LogP) is 2.27. The smallest absolute Gasteiger partial charge is 0.324 e. The molecule has 1 unspecified atom stereocenters. The summed E-state index contributed by atoms with van der Waals surface area (Å²) in [5, 5.41) is 7.31. The van der Waals surface area contributed by atoms with Gasteiger partial charge in [0.05, 0.1) is 32.3 Å². The summed E-state index contributed by atoms with van der Waals surface area (Å²) >= 11 is 0. The first-order valence-electron chi connectivity index (χ1n) is 8.77. The first-order valence-corrected chi connectivity index (χ1v) is 8.77. The number of azide groups is 1. The summed E-state index contributed by atoms with van der Waals surface area (Å²) in [6.45, 7) is 0.300. The molecule has 9 heteroatoms. The van der Waals surface area contributed by atoms with Crippen molar-refractivity contribution in [2.45, 2.75) is 36.4 Å². The number of methoxy groups -OCH3 is 2. The van der Waals surface area contributed by atoms with Crippen LogP contribution in [0.25, 0.3) is 10.4 Å². The van der Waals surface area contributed by atoms with E-state index in [1.165, 1.54) is 14.2 Å². The lowest BCUT2D eigenvalue weighted by atomic mass is 9.49. The van der Waals surface area contributed by atoms with Crippen LogP contribution in [0.5, 0.6) is 0 Å². The van der Waals surface area contributed by atoms with Crippen LogP contribution in [0.15, 0.2) is 29.4 Å². The highest BCUT2D eigenvalue weighted by Gasteiger charge is 2.80. The van der Waals surface area contributed by atoms with Crippen molar-refractivity contribution < 1.29 is 23.8 Å². The van der Waals surface area contributed by atoms with Gasteiger partial charge in [0.15, 0.2) is 11.1 Å². The van der Waals surface area contributed by atoms with Crippen molar-refractivity contribution in [1.82, 2.24) is 0 Å². The molecule has 2 fully saturated rings. The Labute approximate surface area is 155 Å². The van der Waals surface area contributed by atoms with Crippen molar-refractivity contribution in [2.75, 3.05) is 26.1 Å². The normalized spacial score (nSPS) is 32.1. The standard InChI is InChI=1S/C18H20N4O5/c1-25-14(23)16(15(24)26-2)8-7-13(21-22-19)18-17(16,9-10-27-18)11-5-3-4-6-12(11)20-18/h3-6,13,20H,7-10H2,1-2H3/t13?,17-,18-/m0/s1. The van der Waals surface area contributed by atoms with Crippen LogP contribution in [0, 0.1) is 5.41 Å². The van der Waals surface area contributed by atoms with Crippen molar-refractivity contribution in [3.8, 4) is 0 Å². The van der Waals surface area contributed by atoms with Crippen molar-refractivity contribution in [3.63, 3.8) is 0 Å². The maximum Gasteiger partial charge on any atom is 0.324 e. The lowest BCUT2D eigenvalue weighted by Gasteiger charge is -2.54. The monoisotopic (exact) mass is 372 g/mol. The van der Waals surface area contributed by atoms with Gasteiger partial charge in [0.25, 0.3) is 0 Å². The molecule has 2 aliphatic heterocycles. The zero-order chi connectivity index (χ0) is 19.3. The average molecular weight is 372 g/mol. The minimum absolute atomic E-state index is 0.136. The number of carbonyl (C=O) groups excluding carboxylic acids is 2. The maximum absolute atomic E-state index is 13.1. The van der Waals surface area contributed by atoms with Gasteiger partial charge in [0.1, 0.15) is 0 Å². The number of hydrogen-bond donors (Lipinski definition) is 1. The van der Waals surface area contributed by atoms with E-state index in [-0.39, 0.29) is 12.8 Å². The zero-order valence-corrected chi connectivity index (χ0v) is 15.1. The minimum Gasteiger partial charge on any atom is -0.468 e. The number of fused-ring (bicyclic) bond motifs is 1. The van der Waals surface area contributed by atoms with E-state index in [0.29, 0.717) is 13.0 Å². The van der Waals surface area contributed by atoms with E-state index in [9.17, 15) is 9.59 Å². The molecule has 1 aliphatic carbocycles. The Balaban J connectivity index is 2.08. The molecule has 3 aliphatic rings. The fourth-order valence-electron chi connectivity index (χ4n) is 5.50. The highest BCUT2D eigenvalue weighted by atomic mass is 16.6. The maximum atomic E-state index is 13.1. The van der Waals surface area contributed by atoms with Crippen LogP contribution in [0.2, 0.25) is 0 Å². The number of nitrogens with zero attached hydrogens (tertiary/aromatic N) is 3. The van der Waals surface area contributed by atoms with Gasteiger partial charge in [-0.3, -0.25) is 9.59 Å². The Bertz CT molecular complexity index is 851. The molecule has 0 spiro atoms. The lowest BCUT2D eigenvalue weighted by molar-refractivity contribution is -0.189. The number of carbonyl (C=O) groups is 2. The molecule has 0 bridgehead atoms. The predicted molar refractivity (Wildman–Crippen MR) is 93.7 cm³/mol. The van der Waals surface area contributed by atoms with E-state index in [4.69, 9.17) is 19.7 Å². The topological polar surface area (TPSA) is 123 Å². The second-order valence-electron chi connectivity index (χ2n) is 7.06. The molecule has 0 aromatic heterocycles. The number of rotatable bonds is 3. The molecule has 0 radical (unpaired) electrons. The van der Waals surface area contributed by atoms with Crippen LogP contribution in [-0.2, 0) is 29.2 Å². The molecule has 1 saturated heterocycles. The Kier molecular flexibility index (Phi) is 3.83. The average Bonchev–Trinajstić information content (AvgIpc) is 3.21. The zero-order valence-electron chi connectivity index (χ0n) is 15.1. The SMILES string of the molecule is COC(=O)C1(C(=O)OC)CCC(N=[N+]=[N-])[C@@]23Nc4ccccc4[C@@]12CCO3. The molecule has 1 aromatic rings. The Morgan fingerprint density at radius 2 is 1.96 bits per heavy atom. The first-order chi connectivity index (χ1) is 13.0. The highest BCUT2D eigenvalue weighted by molar-refractivity contribution is 6.04. The molecule has 1 N–H and O–H groups in total. The van der Waals surface area contributed by atoms with Crippen molar-refractivity contribution in [2.24, 2.45) is 10.5 Å². The minimum atomic E-state index is -1.60. The van der Waals surface area contributed by atoms with E-state index >= 15 is 0 Å². The molecular weight excluding hydrogens is 352 g/mol. The van der Waals surface area contributed by atoms with Gasteiger partial charge >= 0.3 is 11.9 Å². The highest BCUT2D eigenvalue weighted by Crippen LogP contribution is 2.68. The van der Waals surface area contributed by atoms with E-state index < -0.39 is 34.5 Å². The molecule has 3 atom stereocenters. The van der Waals surface area contributed by atoms with Crippen molar-refractivity contribution in [3.05, 3.63) is 40.3 Å². The van der Waals surface area contributed by atoms with Gasteiger partial charge in [-0.1, -0.05) is 23.3 Å². The lowest BCUT2D eigenvalue weighted by Crippen LogP contribution is -2.71. The number of para-hydroxylation sites is 1. The van der Waals surface area contributed by atoms with E-state index in [1.807, 2.05) is 24.3 Å². The Morgan fingerprint density at radius 3 is 2.63 bits per heavy atom. The van der Waals surface area contributed by atoms with E-state index in [0.717, 1.165) is 11.3 Å². The summed E-state index contributed by atoms with van der Waals surface area (Å²) < 4.78 is 16.4. The fraction of sp³-hybridized carbons (Fsp3) is 0.556. The van der Waals surface area contributed by atoms with Crippen LogP contribution in [-0.4, -0.2) is 44.5 Å². The number of benzene rings is 1. The van der Waals surface area contributed by atoms with Gasteiger partial charge in [0, 0.05) is 10.6 Å². The van der Waals surface area contributed by atoms with Gasteiger partial charge in [0.2, 0.25) is 0 Å². The molecule has 4 rings (SSSR count). The summed E-state index contributed by atoms with van der Waals surface area (Å²) in [5.41, 5.74) is 6.70. The van der Waals surface area contributed by atoms with Crippen LogP contribution in [0.4, 0.5) is 5.69 Å². The number of anilines is 1. The Morgan fingerprint density at radius 1 is 1.26 bits per heavy atom. The molecule has 142 valence electrons. The van der Waals surface area contributed by atoms with E-state index in [1.54, 1.807) is 0 Å². The van der Waals surface area contributed by atoms with Crippen molar-refractivity contribution >= 4 is 17.6 Å². The largest absolute Gasteiger partial charge is 0.468 e. The van der Waals surface area contributed by atoms with E-state index in [2.05, 4.69) is 15.3 Å². The number of hydrogen-bond acceptors (Lipinski definition) is 7. The molecular formula is C18H20N4O5. The number of ether oxygens (including phenoxy) is 3. The van der Waals surface area contributed by atoms with Gasteiger partial charge in [-0.25, -0.2) is 0 Å². The molecule has 0 amide bonds. The summed E-state index contributed by atoms with van der Waals surface area (Å²) in [6.07, 6.45) is 0.798. The number of nitrogens with one attached hydrogen (secondary N) is 1. The van der Waals surface area contributed by atoms with Gasteiger partial charge in [-0.2, -0.15) is 0 Å². The third kappa shape index (κ3) is 1.80. The van der Waals surface area contributed by atoms with Crippen LogP contribution in [0.3, 0.4) is 0 Å². The molecule has 27 heavy (non-hydrogen) atoms. The van der Waals surface area contributed by atoms with Gasteiger partial charge in [-0.15, -0.1) is 0 Å². The Hall–Kier alpha value is -2.77.